The van der Waals surface area contributed by atoms with Gasteiger partial charge in [-0.3, -0.25) is 4.79 Å². The molecule has 0 unspecified atom stereocenters. The number of benzene rings is 3. The van der Waals surface area contributed by atoms with E-state index in [1.807, 2.05) is 0 Å². The second-order valence-electron chi connectivity index (χ2n) is 9.61. The topological polar surface area (TPSA) is 164 Å². The predicted octanol–water partition coefficient (Wildman–Crippen LogP) is 1.28. The van der Waals surface area contributed by atoms with Crippen molar-refractivity contribution in [2.24, 2.45) is 0 Å². The van der Waals surface area contributed by atoms with Gasteiger partial charge < -0.3 is 44.7 Å². The normalized spacial score (nSPS) is 28.5. The highest BCUT2D eigenvalue weighted by atomic mass is 16.7. The second-order valence-corrected chi connectivity index (χ2v) is 9.61. The van der Waals surface area contributed by atoms with Crippen LogP contribution in [0, 0.1) is 0 Å². The molecule has 0 bridgehead atoms. The van der Waals surface area contributed by atoms with Crippen LogP contribution in [0.5, 0.6) is 23.0 Å². The molecule has 1 spiro atoms. The number of carbonyl (C=O) groups excluding carboxylic acids is 2. The molecule has 202 valence electrons. The van der Waals surface area contributed by atoms with Crippen LogP contribution in [0.3, 0.4) is 0 Å². The van der Waals surface area contributed by atoms with Crippen LogP contribution in [0.15, 0.2) is 60.7 Å². The quantitative estimate of drug-likeness (QED) is 0.308. The maximum atomic E-state index is 12.9. The van der Waals surface area contributed by atoms with Gasteiger partial charge in [-0.25, -0.2) is 4.79 Å². The lowest BCUT2D eigenvalue weighted by Gasteiger charge is -2.42. The van der Waals surface area contributed by atoms with Crippen molar-refractivity contribution in [2.75, 3.05) is 6.61 Å². The first-order valence-corrected chi connectivity index (χ1v) is 12.3. The molecule has 3 aromatic carbocycles. The molecule has 3 aromatic rings. The van der Waals surface area contributed by atoms with E-state index in [2.05, 4.69) is 5.32 Å². The molecule has 5 N–H and O–H groups in total. The number of hydrogen-bond acceptors (Lipinski definition) is 10. The van der Waals surface area contributed by atoms with Crippen molar-refractivity contribution in [1.29, 1.82) is 0 Å². The van der Waals surface area contributed by atoms with E-state index in [1.54, 1.807) is 42.5 Å². The number of rotatable bonds is 4. The van der Waals surface area contributed by atoms with Gasteiger partial charge in [0, 0.05) is 35.7 Å². The number of phenolic OH excluding ortho intramolecular Hbond substituents is 1. The summed E-state index contributed by atoms with van der Waals surface area (Å²) in [5.41, 5.74) is 0.720. The van der Waals surface area contributed by atoms with Crippen molar-refractivity contribution in [3.05, 3.63) is 82.9 Å². The Hall–Kier alpha value is -4.16. The molecule has 3 aliphatic heterocycles. The van der Waals surface area contributed by atoms with Gasteiger partial charge in [0.25, 0.3) is 0 Å². The Morgan fingerprint density at radius 2 is 1.72 bits per heavy atom. The van der Waals surface area contributed by atoms with Gasteiger partial charge in [0.15, 0.2) is 5.60 Å². The first kappa shape index (κ1) is 25.1. The summed E-state index contributed by atoms with van der Waals surface area (Å²) in [6.45, 7) is 0.653. The number of phenols is 1. The van der Waals surface area contributed by atoms with E-state index in [9.17, 15) is 30.0 Å². The SMILES string of the molecule is CC(=O)N[C@H]1[C@H](Oc2ccc3c(c2)Oc2cc(O)ccc2[C@@]32OC(=O)c3ccccc32)O[C@H](CO)[C@H](O)[C@@H]1O. The molecule has 39 heavy (non-hydrogen) atoms. The Balaban J connectivity index is 1.42. The van der Waals surface area contributed by atoms with E-state index in [4.69, 9.17) is 18.9 Å². The maximum Gasteiger partial charge on any atom is 0.340 e. The molecule has 1 saturated heterocycles. The molecule has 1 amide bonds. The van der Waals surface area contributed by atoms with Crippen molar-refractivity contribution in [3.8, 4) is 23.0 Å². The summed E-state index contributed by atoms with van der Waals surface area (Å²) in [6.07, 6.45) is -5.37. The third-order valence-corrected chi connectivity index (χ3v) is 7.17. The third kappa shape index (κ3) is 3.90. The lowest BCUT2D eigenvalue weighted by Crippen LogP contribution is -2.65. The minimum absolute atomic E-state index is 0.0475. The van der Waals surface area contributed by atoms with E-state index in [0.29, 0.717) is 22.3 Å². The fourth-order valence-electron chi connectivity index (χ4n) is 5.42. The van der Waals surface area contributed by atoms with E-state index >= 15 is 0 Å². The number of aliphatic hydroxyl groups excluding tert-OH is 3. The molecule has 3 aliphatic rings. The summed E-state index contributed by atoms with van der Waals surface area (Å²) < 4.78 is 23.8. The molecular formula is C28H25NO10. The highest BCUT2D eigenvalue weighted by Crippen LogP contribution is 2.57. The van der Waals surface area contributed by atoms with Crippen molar-refractivity contribution >= 4 is 11.9 Å². The average molecular weight is 536 g/mol. The van der Waals surface area contributed by atoms with Gasteiger partial charge in [-0.1, -0.05) is 18.2 Å². The van der Waals surface area contributed by atoms with E-state index in [0.717, 1.165) is 0 Å². The number of ether oxygens (including phenoxy) is 4. The van der Waals surface area contributed by atoms with E-state index in [1.165, 1.54) is 25.1 Å². The molecule has 1 fully saturated rings. The standard InChI is InChI=1S/C28H25NO10/c1-13(31)29-23-25(34)24(33)22(12-30)38-27(23)36-15-7-9-19-21(11-15)37-20-10-14(32)6-8-18(20)28(19)17-5-3-2-4-16(17)26(35)39-28/h2-11,22-25,27,30,32-34H,12H2,1H3,(H,29,31)/t22-,23-,24+,25-,27-,28-/m1/s1. The molecule has 3 heterocycles. The number of amides is 1. The zero-order valence-electron chi connectivity index (χ0n) is 20.6. The van der Waals surface area contributed by atoms with Gasteiger partial charge in [0.2, 0.25) is 12.2 Å². The molecule has 11 heteroatoms. The second kappa shape index (κ2) is 9.24. The molecule has 0 aromatic heterocycles. The zero-order valence-corrected chi connectivity index (χ0v) is 20.6. The summed E-state index contributed by atoms with van der Waals surface area (Å²) >= 11 is 0. The van der Waals surface area contributed by atoms with Gasteiger partial charge in [0.1, 0.15) is 47.4 Å². The van der Waals surface area contributed by atoms with Crippen LogP contribution in [0.25, 0.3) is 0 Å². The Morgan fingerprint density at radius 1 is 1.00 bits per heavy atom. The van der Waals surface area contributed by atoms with Gasteiger partial charge in [-0.15, -0.1) is 0 Å². The highest BCUT2D eigenvalue weighted by molar-refractivity contribution is 5.97. The van der Waals surface area contributed by atoms with Crippen LogP contribution >= 0.6 is 0 Å². The lowest BCUT2D eigenvalue weighted by molar-refractivity contribution is -0.244. The van der Waals surface area contributed by atoms with Crippen molar-refractivity contribution in [2.45, 2.75) is 43.2 Å². The maximum absolute atomic E-state index is 12.9. The molecule has 0 saturated carbocycles. The number of carbonyl (C=O) groups is 2. The van der Waals surface area contributed by atoms with Crippen LogP contribution < -0.4 is 14.8 Å². The van der Waals surface area contributed by atoms with E-state index < -0.39 is 54.7 Å². The molecule has 0 radical (unpaired) electrons. The molecular weight excluding hydrogens is 510 g/mol. The molecule has 11 nitrogen and oxygen atoms in total. The fourth-order valence-corrected chi connectivity index (χ4v) is 5.42. The van der Waals surface area contributed by atoms with Crippen LogP contribution in [-0.2, 0) is 19.9 Å². The zero-order chi connectivity index (χ0) is 27.5. The molecule has 6 rings (SSSR count). The Morgan fingerprint density at radius 3 is 2.46 bits per heavy atom. The fraction of sp³-hybridized carbons (Fsp3) is 0.286. The van der Waals surface area contributed by atoms with E-state index in [-0.39, 0.29) is 23.0 Å². The molecule has 0 aliphatic carbocycles. The number of hydrogen-bond donors (Lipinski definition) is 5. The first-order chi connectivity index (χ1) is 18.7. The first-order valence-electron chi connectivity index (χ1n) is 12.3. The smallest absolute Gasteiger partial charge is 0.340 e. The van der Waals surface area contributed by atoms with Crippen molar-refractivity contribution < 1.29 is 49.0 Å². The lowest BCUT2D eigenvalue weighted by atomic mass is 9.77. The number of aromatic hydroxyl groups is 1. The minimum Gasteiger partial charge on any atom is -0.508 e. The summed E-state index contributed by atoms with van der Waals surface area (Å²) in [5.74, 6) is -0.303. The number of fused-ring (bicyclic) bond motifs is 6. The van der Waals surface area contributed by atoms with Crippen LogP contribution in [0.2, 0.25) is 0 Å². The molecule has 6 atom stereocenters. The minimum atomic E-state index is -1.48. The number of aliphatic hydroxyl groups is 3. The number of nitrogens with one attached hydrogen (secondary N) is 1. The largest absolute Gasteiger partial charge is 0.508 e. The Labute approximate surface area is 222 Å². The highest BCUT2D eigenvalue weighted by Gasteiger charge is 2.53. The van der Waals surface area contributed by atoms with Gasteiger partial charge in [-0.2, -0.15) is 0 Å². The van der Waals surface area contributed by atoms with Gasteiger partial charge in [-0.05, 0) is 30.3 Å². The van der Waals surface area contributed by atoms with Crippen LogP contribution in [-0.4, -0.2) is 69.6 Å². The summed E-state index contributed by atoms with van der Waals surface area (Å²) in [5, 5.41) is 43.1. The Bertz CT molecular complexity index is 1470. The van der Waals surface area contributed by atoms with Gasteiger partial charge >= 0.3 is 5.97 Å². The average Bonchev–Trinajstić information content (AvgIpc) is 3.20. The van der Waals surface area contributed by atoms with Crippen molar-refractivity contribution in [3.63, 3.8) is 0 Å². The van der Waals surface area contributed by atoms with Gasteiger partial charge in [0.05, 0.1) is 12.2 Å². The third-order valence-electron chi connectivity index (χ3n) is 7.17. The predicted molar refractivity (Wildman–Crippen MR) is 132 cm³/mol. The van der Waals surface area contributed by atoms with Crippen LogP contribution in [0.1, 0.15) is 34.0 Å². The van der Waals surface area contributed by atoms with Crippen LogP contribution in [0.4, 0.5) is 0 Å². The van der Waals surface area contributed by atoms with Crippen molar-refractivity contribution in [1.82, 2.24) is 5.32 Å². The monoisotopic (exact) mass is 535 g/mol. The Kier molecular flexibility index (Phi) is 5.96. The number of esters is 1. The summed E-state index contributed by atoms with van der Waals surface area (Å²) in [6, 6.07) is 15.2. The summed E-state index contributed by atoms with van der Waals surface area (Å²) in [7, 11) is 0. The summed E-state index contributed by atoms with van der Waals surface area (Å²) in [4.78, 5) is 24.7.